The maximum atomic E-state index is 12.6. The second-order valence-electron chi connectivity index (χ2n) is 4.42. The number of hydrogen-bond donors (Lipinski definition) is 2. The molecule has 1 aromatic heterocycles. The highest BCUT2D eigenvalue weighted by Gasteiger charge is 2.17. The normalized spacial score (nSPS) is 10.0. The SMILES string of the molecule is CCc1cc(C(=O)N(CCC#N)CCOC)cc(NN)n1. The van der Waals surface area contributed by atoms with Crippen molar-refractivity contribution in [3.63, 3.8) is 0 Å². The number of nitrogens with one attached hydrogen (secondary N) is 1. The van der Waals surface area contributed by atoms with E-state index in [1.54, 1.807) is 24.1 Å². The third-order valence-electron chi connectivity index (χ3n) is 2.98. The molecule has 0 atom stereocenters. The van der Waals surface area contributed by atoms with E-state index >= 15 is 0 Å². The van der Waals surface area contributed by atoms with Gasteiger partial charge in [0.15, 0.2) is 0 Å². The fraction of sp³-hybridized carbons (Fsp3) is 0.500. The summed E-state index contributed by atoms with van der Waals surface area (Å²) in [5, 5.41) is 8.70. The number of rotatable bonds is 8. The van der Waals surface area contributed by atoms with Gasteiger partial charge in [0, 0.05) is 31.5 Å². The lowest BCUT2D eigenvalue weighted by atomic mass is 10.1. The minimum atomic E-state index is -0.157. The molecule has 1 amide bonds. The van der Waals surface area contributed by atoms with Gasteiger partial charge >= 0.3 is 0 Å². The molecule has 0 aliphatic heterocycles. The van der Waals surface area contributed by atoms with E-state index in [-0.39, 0.29) is 12.3 Å². The lowest BCUT2D eigenvalue weighted by molar-refractivity contribution is 0.0699. The molecule has 3 N–H and O–H groups in total. The van der Waals surface area contributed by atoms with Crippen LogP contribution in [0.2, 0.25) is 0 Å². The van der Waals surface area contributed by atoms with E-state index in [4.69, 9.17) is 15.8 Å². The molecule has 0 saturated heterocycles. The largest absolute Gasteiger partial charge is 0.383 e. The third kappa shape index (κ3) is 5.02. The highest BCUT2D eigenvalue weighted by Crippen LogP contribution is 2.13. The van der Waals surface area contributed by atoms with E-state index in [9.17, 15) is 4.79 Å². The summed E-state index contributed by atoms with van der Waals surface area (Å²) in [4.78, 5) is 18.4. The zero-order valence-corrected chi connectivity index (χ0v) is 12.4. The number of ether oxygens (including phenoxy) is 1. The number of nitrogens with two attached hydrogens (primary N) is 1. The van der Waals surface area contributed by atoms with E-state index in [1.807, 2.05) is 13.0 Å². The van der Waals surface area contributed by atoms with Crippen molar-refractivity contribution >= 4 is 11.7 Å². The van der Waals surface area contributed by atoms with Gasteiger partial charge in [0.1, 0.15) is 5.82 Å². The van der Waals surface area contributed by atoms with Gasteiger partial charge < -0.3 is 15.1 Å². The van der Waals surface area contributed by atoms with E-state index in [1.165, 1.54) is 0 Å². The highest BCUT2D eigenvalue weighted by molar-refractivity contribution is 5.95. The molecule has 0 bridgehead atoms. The number of hydrogen-bond acceptors (Lipinski definition) is 6. The minimum absolute atomic E-state index is 0.157. The van der Waals surface area contributed by atoms with Crippen LogP contribution in [0.5, 0.6) is 0 Å². The van der Waals surface area contributed by atoms with Crippen LogP contribution in [0.4, 0.5) is 5.82 Å². The monoisotopic (exact) mass is 291 g/mol. The molecule has 0 unspecified atom stereocenters. The molecule has 1 heterocycles. The predicted molar refractivity (Wildman–Crippen MR) is 79.4 cm³/mol. The number of nitriles is 1. The number of anilines is 1. The Morgan fingerprint density at radius 3 is 2.86 bits per heavy atom. The molecule has 7 nitrogen and oxygen atoms in total. The van der Waals surface area contributed by atoms with Crippen molar-refractivity contribution in [2.45, 2.75) is 19.8 Å². The van der Waals surface area contributed by atoms with Crippen molar-refractivity contribution < 1.29 is 9.53 Å². The topological polar surface area (TPSA) is 104 Å². The Bertz CT molecular complexity index is 490. The average molecular weight is 291 g/mol. The van der Waals surface area contributed by atoms with Crippen LogP contribution in [0.15, 0.2) is 12.1 Å². The molecule has 114 valence electrons. The summed E-state index contributed by atoms with van der Waals surface area (Å²) in [6, 6.07) is 5.40. The van der Waals surface area contributed by atoms with Gasteiger partial charge in [0.05, 0.1) is 19.1 Å². The Kier molecular flexibility index (Phi) is 7.15. The number of nitrogens with zero attached hydrogens (tertiary/aromatic N) is 3. The fourth-order valence-electron chi connectivity index (χ4n) is 1.85. The van der Waals surface area contributed by atoms with Gasteiger partial charge in [0.2, 0.25) is 0 Å². The number of aryl methyl sites for hydroxylation is 1. The van der Waals surface area contributed by atoms with Gasteiger partial charge in [-0.1, -0.05) is 6.92 Å². The molecule has 0 aliphatic carbocycles. The molecule has 0 aliphatic rings. The first-order valence-electron chi connectivity index (χ1n) is 6.79. The molecule has 1 aromatic rings. The summed E-state index contributed by atoms with van der Waals surface area (Å²) in [6.07, 6.45) is 0.981. The second-order valence-corrected chi connectivity index (χ2v) is 4.42. The number of pyridine rings is 1. The van der Waals surface area contributed by atoms with Crippen LogP contribution in [-0.2, 0) is 11.2 Å². The molecule has 1 rings (SSSR count). The zero-order chi connectivity index (χ0) is 15.7. The molecule has 21 heavy (non-hydrogen) atoms. The van der Waals surface area contributed by atoms with Crippen molar-refractivity contribution in [2.75, 3.05) is 32.2 Å². The maximum absolute atomic E-state index is 12.6. The first-order valence-corrected chi connectivity index (χ1v) is 6.79. The molecule has 0 fully saturated rings. The maximum Gasteiger partial charge on any atom is 0.254 e. The van der Waals surface area contributed by atoms with Crippen molar-refractivity contribution in [2.24, 2.45) is 5.84 Å². The summed E-state index contributed by atoms with van der Waals surface area (Å²) in [7, 11) is 1.57. The van der Waals surface area contributed by atoms with Gasteiger partial charge in [-0.05, 0) is 18.6 Å². The Labute approximate surface area is 124 Å². The van der Waals surface area contributed by atoms with E-state index in [0.29, 0.717) is 37.5 Å². The fourth-order valence-corrected chi connectivity index (χ4v) is 1.85. The molecule has 0 spiro atoms. The van der Waals surface area contributed by atoms with Crippen molar-refractivity contribution in [1.29, 1.82) is 5.26 Å². The van der Waals surface area contributed by atoms with E-state index in [0.717, 1.165) is 5.69 Å². The van der Waals surface area contributed by atoms with Crippen LogP contribution in [0.25, 0.3) is 0 Å². The summed E-state index contributed by atoms with van der Waals surface area (Å²) in [5.41, 5.74) is 3.75. The second kappa shape index (κ2) is 8.89. The molecule has 0 radical (unpaired) electrons. The van der Waals surface area contributed by atoms with Crippen LogP contribution in [-0.4, -0.2) is 42.6 Å². The number of hydrazine groups is 1. The van der Waals surface area contributed by atoms with E-state index < -0.39 is 0 Å². The molecule has 7 heteroatoms. The Morgan fingerprint density at radius 1 is 1.52 bits per heavy atom. The first kappa shape index (κ1) is 16.9. The van der Waals surface area contributed by atoms with E-state index in [2.05, 4.69) is 10.4 Å². The smallest absolute Gasteiger partial charge is 0.254 e. The Balaban J connectivity index is 2.98. The van der Waals surface area contributed by atoms with Crippen molar-refractivity contribution in [1.82, 2.24) is 9.88 Å². The summed E-state index contributed by atoms with van der Waals surface area (Å²) in [6.45, 7) is 3.18. The third-order valence-corrected chi connectivity index (χ3v) is 2.98. The number of carbonyl (C=O) groups is 1. The van der Waals surface area contributed by atoms with Gasteiger partial charge in [0.25, 0.3) is 5.91 Å². The molecular formula is C14H21N5O2. The molecule has 0 aromatic carbocycles. The minimum Gasteiger partial charge on any atom is -0.383 e. The van der Waals surface area contributed by atoms with Crippen LogP contribution < -0.4 is 11.3 Å². The van der Waals surface area contributed by atoms with Crippen molar-refractivity contribution in [3.8, 4) is 6.07 Å². The number of amides is 1. The quantitative estimate of drug-likeness (QED) is 0.545. The molecule has 0 saturated carbocycles. The predicted octanol–water partition coefficient (Wildman–Crippen LogP) is 0.932. The number of methoxy groups -OCH3 is 1. The van der Waals surface area contributed by atoms with Gasteiger partial charge in [-0.3, -0.25) is 4.79 Å². The van der Waals surface area contributed by atoms with Crippen LogP contribution in [0, 0.1) is 11.3 Å². The van der Waals surface area contributed by atoms with Crippen LogP contribution in [0.1, 0.15) is 29.4 Å². The van der Waals surface area contributed by atoms with Crippen LogP contribution in [0.3, 0.4) is 0 Å². The average Bonchev–Trinajstić information content (AvgIpc) is 2.53. The number of nitrogen functional groups attached to an aromatic ring is 1. The highest BCUT2D eigenvalue weighted by atomic mass is 16.5. The van der Waals surface area contributed by atoms with Crippen LogP contribution >= 0.6 is 0 Å². The Morgan fingerprint density at radius 2 is 2.29 bits per heavy atom. The zero-order valence-electron chi connectivity index (χ0n) is 12.4. The summed E-state index contributed by atoms with van der Waals surface area (Å²) < 4.78 is 5.01. The Hall–Kier alpha value is -2.17. The van der Waals surface area contributed by atoms with Gasteiger partial charge in [-0.25, -0.2) is 10.8 Å². The lowest BCUT2D eigenvalue weighted by Gasteiger charge is -2.21. The first-order chi connectivity index (χ1) is 10.2. The summed E-state index contributed by atoms with van der Waals surface area (Å²) >= 11 is 0. The van der Waals surface area contributed by atoms with Crippen molar-refractivity contribution in [3.05, 3.63) is 23.4 Å². The van der Waals surface area contributed by atoms with Gasteiger partial charge in [-0.15, -0.1) is 0 Å². The lowest BCUT2D eigenvalue weighted by Crippen LogP contribution is -2.35. The summed E-state index contributed by atoms with van der Waals surface area (Å²) in [5.74, 6) is 5.67. The molecular weight excluding hydrogens is 270 g/mol. The standard InChI is InChI=1S/C14H21N5O2/c1-3-12-9-11(10-13(17-12)18-16)14(20)19(6-4-5-15)7-8-21-2/h9-10H,3-4,6-8,16H2,1-2H3,(H,17,18). The number of aromatic nitrogens is 1. The van der Waals surface area contributed by atoms with Gasteiger partial charge in [-0.2, -0.15) is 5.26 Å². The number of carbonyl (C=O) groups excluding carboxylic acids is 1.